The molecule has 2 rings (SSSR count). The van der Waals surface area contributed by atoms with Crippen molar-refractivity contribution in [3.8, 4) is 0 Å². The van der Waals surface area contributed by atoms with Crippen LogP contribution in [-0.2, 0) is 0 Å². The van der Waals surface area contributed by atoms with Crippen LogP contribution in [0.25, 0.3) is 0 Å². The number of carbonyl (C=O) groups is 1. The first-order valence-electron chi connectivity index (χ1n) is 7.65. The van der Waals surface area contributed by atoms with Gasteiger partial charge < -0.3 is 0 Å². The van der Waals surface area contributed by atoms with Crippen LogP contribution in [-0.4, -0.2) is 29.3 Å². The summed E-state index contributed by atoms with van der Waals surface area (Å²) in [5.41, 5.74) is -0.0147. The Hall–Kier alpha value is -1.29. The lowest BCUT2D eigenvalue weighted by molar-refractivity contribution is 0.0814. The van der Waals surface area contributed by atoms with Gasteiger partial charge in [0.25, 0.3) is 0 Å². The summed E-state index contributed by atoms with van der Waals surface area (Å²) < 4.78 is 26.7. The number of nitrogens with zero attached hydrogens (tertiary/aromatic N) is 1. The second-order valence-corrected chi connectivity index (χ2v) is 6.32. The fraction of sp³-hybridized carbons (Fsp3) is 0.588. The molecule has 1 fully saturated rings. The SMILES string of the molecule is CC(C)CCN(C1CC1)C(C)C(=O)c1ccc(F)cc1F. The van der Waals surface area contributed by atoms with Gasteiger partial charge in [-0.2, -0.15) is 0 Å². The van der Waals surface area contributed by atoms with Crippen LogP contribution in [0.4, 0.5) is 8.78 Å². The Balaban J connectivity index is 2.11. The number of carbonyl (C=O) groups excluding carboxylic acids is 1. The number of Topliss-reactive ketones (excluding diaryl/α,β-unsaturated/α-hetero) is 1. The van der Waals surface area contributed by atoms with Crippen LogP contribution in [0, 0.1) is 17.6 Å². The molecule has 1 unspecified atom stereocenters. The Morgan fingerprint density at radius 2 is 1.95 bits per heavy atom. The van der Waals surface area contributed by atoms with Crippen molar-refractivity contribution >= 4 is 5.78 Å². The first kappa shape index (κ1) is 16.1. The van der Waals surface area contributed by atoms with Gasteiger partial charge in [0.1, 0.15) is 11.6 Å². The molecule has 0 spiro atoms. The Labute approximate surface area is 125 Å². The summed E-state index contributed by atoms with van der Waals surface area (Å²) in [4.78, 5) is 14.7. The third-order valence-corrected chi connectivity index (χ3v) is 4.05. The molecule has 0 amide bonds. The summed E-state index contributed by atoms with van der Waals surface area (Å²) in [6.45, 7) is 6.97. The molecule has 21 heavy (non-hydrogen) atoms. The molecule has 116 valence electrons. The van der Waals surface area contributed by atoms with Gasteiger partial charge in [0, 0.05) is 12.1 Å². The lowest BCUT2D eigenvalue weighted by Crippen LogP contribution is -2.41. The summed E-state index contributed by atoms with van der Waals surface area (Å²) >= 11 is 0. The molecule has 1 aromatic carbocycles. The van der Waals surface area contributed by atoms with Crippen molar-refractivity contribution in [3.63, 3.8) is 0 Å². The zero-order chi connectivity index (χ0) is 15.6. The highest BCUT2D eigenvalue weighted by Crippen LogP contribution is 2.30. The van der Waals surface area contributed by atoms with E-state index in [1.54, 1.807) is 0 Å². The molecule has 0 aliphatic heterocycles. The average Bonchev–Trinajstić information content (AvgIpc) is 3.22. The predicted octanol–water partition coefficient (Wildman–Crippen LogP) is 4.05. The maximum atomic E-state index is 13.8. The molecule has 0 N–H and O–H groups in total. The molecule has 1 aromatic rings. The molecular weight excluding hydrogens is 272 g/mol. The van der Waals surface area contributed by atoms with Gasteiger partial charge in [0.2, 0.25) is 0 Å². The molecule has 0 heterocycles. The molecule has 1 aliphatic carbocycles. The zero-order valence-corrected chi connectivity index (χ0v) is 12.9. The summed E-state index contributed by atoms with van der Waals surface area (Å²) in [5.74, 6) is -1.12. The predicted molar refractivity (Wildman–Crippen MR) is 79.3 cm³/mol. The van der Waals surface area contributed by atoms with E-state index in [0.717, 1.165) is 37.9 Å². The number of halogens is 2. The number of hydrogen-bond donors (Lipinski definition) is 0. The van der Waals surface area contributed by atoms with Crippen LogP contribution in [0.2, 0.25) is 0 Å². The smallest absolute Gasteiger partial charge is 0.182 e. The van der Waals surface area contributed by atoms with E-state index in [2.05, 4.69) is 18.7 Å². The molecule has 0 radical (unpaired) electrons. The van der Waals surface area contributed by atoms with Crippen molar-refractivity contribution in [2.75, 3.05) is 6.54 Å². The number of hydrogen-bond acceptors (Lipinski definition) is 2. The van der Waals surface area contributed by atoms with Gasteiger partial charge in [0.15, 0.2) is 5.78 Å². The van der Waals surface area contributed by atoms with E-state index in [0.29, 0.717) is 12.0 Å². The van der Waals surface area contributed by atoms with Crippen molar-refractivity contribution < 1.29 is 13.6 Å². The van der Waals surface area contributed by atoms with Gasteiger partial charge in [-0.15, -0.1) is 0 Å². The zero-order valence-electron chi connectivity index (χ0n) is 12.9. The summed E-state index contributed by atoms with van der Waals surface area (Å²) in [6.07, 6.45) is 3.21. The molecule has 0 saturated heterocycles. The van der Waals surface area contributed by atoms with Crippen molar-refractivity contribution in [1.29, 1.82) is 0 Å². The maximum absolute atomic E-state index is 13.8. The number of rotatable bonds is 7. The highest BCUT2D eigenvalue weighted by Gasteiger charge is 2.35. The quantitative estimate of drug-likeness (QED) is 0.707. The van der Waals surface area contributed by atoms with Crippen molar-refractivity contribution in [2.24, 2.45) is 5.92 Å². The van der Waals surface area contributed by atoms with Crippen LogP contribution in [0.15, 0.2) is 18.2 Å². The second kappa shape index (κ2) is 6.65. The Kier molecular flexibility index (Phi) is 5.09. The summed E-state index contributed by atoms with van der Waals surface area (Å²) in [7, 11) is 0. The van der Waals surface area contributed by atoms with Gasteiger partial charge in [-0.3, -0.25) is 9.69 Å². The minimum absolute atomic E-state index is 0.0147. The Bertz CT molecular complexity index is 512. The highest BCUT2D eigenvalue weighted by molar-refractivity contribution is 6.00. The minimum atomic E-state index is -0.772. The lowest BCUT2D eigenvalue weighted by Gasteiger charge is -2.29. The molecular formula is C17H23F2NO. The standard InChI is InChI=1S/C17H23F2NO/c1-11(2)8-9-20(14-5-6-14)12(3)17(21)15-7-4-13(18)10-16(15)19/h4,7,10-12,14H,5-6,8-9H2,1-3H3. The van der Waals surface area contributed by atoms with E-state index in [-0.39, 0.29) is 17.4 Å². The maximum Gasteiger partial charge on any atom is 0.182 e. The fourth-order valence-corrected chi connectivity index (χ4v) is 2.57. The topological polar surface area (TPSA) is 20.3 Å². The monoisotopic (exact) mass is 295 g/mol. The molecule has 1 atom stereocenters. The largest absolute Gasteiger partial charge is 0.292 e. The van der Waals surface area contributed by atoms with Crippen LogP contribution in [0.1, 0.15) is 50.4 Å². The normalized spacial score (nSPS) is 16.5. The van der Waals surface area contributed by atoms with E-state index in [1.807, 2.05) is 6.92 Å². The summed E-state index contributed by atoms with van der Waals surface area (Å²) in [5, 5.41) is 0. The first-order chi connectivity index (χ1) is 9.90. The van der Waals surface area contributed by atoms with E-state index in [4.69, 9.17) is 0 Å². The fourth-order valence-electron chi connectivity index (χ4n) is 2.57. The van der Waals surface area contributed by atoms with Crippen LogP contribution < -0.4 is 0 Å². The Morgan fingerprint density at radius 3 is 2.48 bits per heavy atom. The van der Waals surface area contributed by atoms with Gasteiger partial charge >= 0.3 is 0 Å². The summed E-state index contributed by atoms with van der Waals surface area (Å²) in [6, 6.07) is 3.23. The van der Waals surface area contributed by atoms with E-state index >= 15 is 0 Å². The lowest BCUT2D eigenvalue weighted by atomic mass is 10.0. The number of benzene rings is 1. The van der Waals surface area contributed by atoms with Crippen molar-refractivity contribution in [2.45, 2.75) is 52.1 Å². The average molecular weight is 295 g/mol. The number of ketones is 1. The first-order valence-corrected chi connectivity index (χ1v) is 7.65. The highest BCUT2D eigenvalue weighted by atomic mass is 19.1. The van der Waals surface area contributed by atoms with Gasteiger partial charge in [-0.05, 0) is 50.8 Å². The minimum Gasteiger partial charge on any atom is -0.292 e. The van der Waals surface area contributed by atoms with Crippen molar-refractivity contribution in [1.82, 2.24) is 4.90 Å². The van der Waals surface area contributed by atoms with Crippen LogP contribution in [0.3, 0.4) is 0 Å². The molecule has 1 aliphatic rings. The third-order valence-electron chi connectivity index (χ3n) is 4.05. The molecule has 2 nitrogen and oxygen atoms in total. The molecule has 4 heteroatoms. The van der Waals surface area contributed by atoms with Gasteiger partial charge in [0.05, 0.1) is 11.6 Å². The van der Waals surface area contributed by atoms with Crippen LogP contribution in [0.5, 0.6) is 0 Å². The third kappa shape index (κ3) is 4.10. The van der Waals surface area contributed by atoms with Crippen molar-refractivity contribution in [3.05, 3.63) is 35.4 Å². The molecule has 0 bridgehead atoms. The molecule has 0 aromatic heterocycles. The second-order valence-electron chi connectivity index (χ2n) is 6.32. The van der Waals surface area contributed by atoms with E-state index in [9.17, 15) is 13.6 Å². The molecule has 1 saturated carbocycles. The Morgan fingerprint density at radius 1 is 1.29 bits per heavy atom. The van der Waals surface area contributed by atoms with E-state index < -0.39 is 11.6 Å². The van der Waals surface area contributed by atoms with Gasteiger partial charge in [-0.25, -0.2) is 8.78 Å². The van der Waals surface area contributed by atoms with Gasteiger partial charge in [-0.1, -0.05) is 13.8 Å². The van der Waals surface area contributed by atoms with E-state index in [1.165, 1.54) is 6.07 Å². The van der Waals surface area contributed by atoms with Crippen LogP contribution >= 0.6 is 0 Å².